The Morgan fingerprint density at radius 3 is 2.06 bits per heavy atom. The van der Waals surface area contributed by atoms with Crippen molar-refractivity contribution < 1.29 is 18.1 Å². The summed E-state index contributed by atoms with van der Waals surface area (Å²) in [5.41, 5.74) is 0.123. The number of Topliss-reactive ketones (excluding diaryl/α,β-unsaturated/α-hetero) is 1. The lowest BCUT2D eigenvalue weighted by atomic mass is 10.1. The van der Waals surface area contributed by atoms with Crippen LogP contribution >= 0.6 is 10.7 Å². The van der Waals surface area contributed by atoms with Crippen LogP contribution in [-0.4, -0.2) is 26.2 Å². The predicted molar refractivity (Wildman–Crippen MR) is 62.4 cm³/mol. The molecule has 0 spiro atoms. The van der Waals surface area contributed by atoms with Gasteiger partial charge in [0.2, 0.25) is 0 Å². The van der Waals surface area contributed by atoms with Crippen LogP contribution in [0.2, 0.25) is 0 Å². The molecule has 0 atom stereocenters. The van der Waals surface area contributed by atoms with Gasteiger partial charge < -0.3 is 0 Å². The van der Waals surface area contributed by atoms with Gasteiger partial charge >= 0.3 is 0 Å². The van der Waals surface area contributed by atoms with E-state index in [0.717, 1.165) is 7.05 Å². The van der Waals surface area contributed by atoms with Crippen LogP contribution in [0.5, 0.6) is 0 Å². The van der Waals surface area contributed by atoms with Crippen molar-refractivity contribution in [3.05, 3.63) is 39.9 Å². The molecule has 0 aromatic heterocycles. The van der Waals surface area contributed by atoms with E-state index in [1.807, 2.05) is 0 Å². The fourth-order valence-corrected chi connectivity index (χ4v) is 2.09. The fourth-order valence-electron chi connectivity index (χ4n) is 0.970. The van der Waals surface area contributed by atoms with E-state index in [-0.39, 0.29) is 16.2 Å². The second-order valence-electron chi connectivity index (χ2n) is 2.93. The van der Waals surface area contributed by atoms with Gasteiger partial charge in [-0.05, 0) is 13.0 Å². The summed E-state index contributed by atoms with van der Waals surface area (Å²) in [6.07, 6.45) is 0. The van der Waals surface area contributed by atoms with Crippen LogP contribution < -0.4 is 0 Å². The summed E-state index contributed by atoms with van der Waals surface area (Å²) in [6.45, 7) is 1.29. The molecule has 17 heavy (non-hydrogen) atoms. The van der Waals surface area contributed by atoms with E-state index in [9.17, 15) is 13.2 Å². The van der Waals surface area contributed by atoms with Crippen molar-refractivity contribution >= 4 is 25.5 Å². The second kappa shape index (κ2) is 6.31. The first-order chi connectivity index (χ1) is 7.66. The Balaban J connectivity index is 0.000000557. The Kier molecular flexibility index (Phi) is 5.77. The van der Waals surface area contributed by atoms with E-state index in [1.54, 1.807) is 6.07 Å². The third kappa shape index (κ3) is 5.98. The number of halogens is 1. The van der Waals surface area contributed by atoms with Gasteiger partial charge in [0.15, 0.2) is 12.8 Å². The summed E-state index contributed by atoms with van der Waals surface area (Å²) in [4.78, 5) is 19.2. The lowest BCUT2D eigenvalue weighted by molar-refractivity contribution is -0.445. The molecule has 0 unspecified atom stereocenters. The Hall–Kier alpha value is -1.47. The highest BCUT2D eigenvalue weighted by Gasteiger charge is 2.16. The average Bonchev–Trinajstić information content (AvgIpc) is 2.15. The van der Waals surface area contributed by atoms with Crippen LogP contribution in [0.25, 0.3) is 0 Å². The maximum atomic E-state index is 11.0. The summed E-state index contributed by atoms with van der Waals surface area (Å²) in [7, 11) is 2.19. The Bertz CT molecular complexity index is 522. The summed E-state index contributed by atoms with van der Waals surface area (Å²) in [6, 6.07) is 5.83. The molecule has 0 amide bonds. The Labute approximate surface area is 103 Å². The maximum Gasteiger partial charge on any atom is 0.262 e. The number of nitrogens with zero attached hydrogens (tertiary/aromatic N) is 1. The van der Waals surface area contributed by atoms with Gasteiger partial charge in [-0.25, -0.2) is 8.42 Å². The average molecular weight is 280 g/mol. The molecule has 0 bridgehead atoms. The molecule has 0 aliphatic heterocycles. The highest BCUT2D eigenvalue weighted by atomic mass is 35.7. The van der Waals surface area contributed by atoms with Crippen molar-refractivity contribution in [3.63, 3.8) is 0 Å². The minimum Gasteiger partial charge on any atom is -0.294 e. The van der Waals surface area contributed by atoms with Gasteiger partial charge in [0, 0.05) is 21.2 Å². The SMILES string of the molecule is CC(=O)c1ccccc1S(=O)(=O)Cl.C[N+](=O)[O-]. The molecule has 6 nitrogen and oxygen atoms in total. The molecule has 0 saturated heterocycles. The number of nitro groups is 1. The molecule has 1 aromatic rings. The van der Waals surface area contributed by atoms with Gasteiger partial charge in [0.1, 0.15) is 0 Å². The quantitative estimate of drug-likeness (QED) is 0.355. The van der Waals surface area contributed by atoms with Crippen molar-refractivity contribution in [2.24, 2.45) is 0 Å². The lowest BCUT2D eigenvalue weighted by Gasteiger charge is -2.01. The zero-order chi connectivity index (χ0) is 13.6. The van der Waals surface area contributed by atoms with E-state index < -0.39 is 14.0 Å². The number of carbonyl (C=O) groups excluding carboxylic acids is 1. The second-order valence-corrected chi connectivity index (χ2v) is 5.46. The summed E-state index contributed by atoms with van der Waals surface area (Å²) in [5, 5.41) is 8.81. The van der Waals surface area contributed by atoms with E-state index in [0.29, 0.717) is 0 Å². The highest BCUT2D eigenvalue weighted by molar-refractivity contribution is 8.13. The van der Waals surface area contributed by atoms with E-state index >= 15 is 0 Å². The third-order valence-electron chi connectivity index (χ3n) is 1.53. The zero-order valence-electron chi connectivity index (χ0n) is 9.08. The molecule has 0 radical (unpaired) electrons. The number of rotatable bonds is 2. The van der Waals surface area contributed by atoms with E-state index in [1.165, 1.54) is 25.1 Å². The van der Waals surface area contributed by atoms with Crippen molar-refractivity contribution in [2.45, 2.75) is 11.8 Å². The fraction of sp³-hybridized carbons (Fsp3) is 0.222. The van der Waals surface area contributed by atoms with Crippen molar-refractivity contribution in [1.82, 2.24) is 0 Å². The summed E-state index contributed by atoms with van der Waals surface area (Å²) >= 11 is 0. The number of hydrogen-bond acceptors (Lipinski definition) is 5. The van der Waals surface area contributed by atoms with Crippen molar-refractivity contribution in [1.29, 1.82) is 0 Å². The monoisotopic (exact) mass is 279 g/mol. The first kappa shape index (κ1) is 15.5. The number of hydrogen-bond donors (Lipinski definition) is 0. The number of carbonyl (C=O) groups is 1. The van der Waals surface area contributed by atoms with Crippen LogP contribution in [0, 0.1) is 10.1 Å². The standard InChI is InChI=1S/C8H7ClO3S.CH3NO2/c1-6(10)7-4-2-3-5-8(7)13(9,11)12;1-2(3)4/h2-5H,1H3;1H3. The Morgan fingerprint density at radius 1 is 1.35 bits per heavy atom. The molecule has 8 heteroatoms. The maximum absolute atomic E-state index is 11.0. The molecular weight excluding hydrogens is 270 g/mol. The van der Waals surface area contributed by atoms with E-state index in [2.05, 4.69) is 0 Å². The molecule has 0 aliphatic rings. The third-order valence-corrected chi connectivity index (χ3v) is 2.91. The van der Waals surface area contributed by atoms with Crippen LogP contribution in [-0.2, 0) is 9.05 Å². The predicted octanol–water partition coefficient (Wildman–Crippen LogP) is 1.71. The molecule has 0 aliphatic carbocycles. The number of ketones is 1. The largest absolute Gasteiger partial charge is 0.294 e. The molecule has 0 saturated carbocycles. The normalized spacial score (nSPS) is 10.1. The summed E-state index contributed by atoms with van der Waals surface area (Å²) < 4.78 is 21.9. The number of benzene rings is 1. The molecule has 0 fully saturated rings. The first-order valence-corrected chi connectivity index (χ1v) is 6.59. The van der Waals surface area contributed by atoms with Crippen LogP contribution in [0.3, 0.4) is 0 Å². The molecular formula is C9H10ClNO5S. The topological polar surface area (TPSA) is 94.3 Å². The van der Waals surface area contributed by atoms with Crippen LogP contribution in [0.1, 0.15) is 17.3 Å². The van der Waals surface area contributed by atoms with Gasteiger partial charge in [-0.1, -0.05) is 18.2 Å². The molecule has 0 N–H and O–H groups in total. The zero-order valence-corrected chi connectivity index (χ0v) is 10.7. The van der Waals surface area contributed by atoms with Crippen molar-refractivity contribution in [3.8, 4) is 0 Å². The summed E-state index contributed by atoms with van der Waals surface area (Å²) in [5.74, 6) is -0.320. The van der Waals surface area contributed by atoms with E-state index in [4.69, 9.17) is 20.8 Å². The molecule has 1 aromatic carbocycles. The van der Waals surface area contributed by atoms with Gasteiger partial charge in [0.05, 0.1) is 4.90 Å². The minimum atomic E-state index is -3.83. The highest BCUT2D eigenvalue weighted by Crippen LogP contribution is 2.19. The van der Waals surface area contributed by atoms with Gasteiger partial charge in [-0.2, -0.15) is 0 Å². The molecule has 1 rings (SSSR count). The molecule has 94 valence electrons. The first-order valence-electron chi connectivity index (χ1n) is 4.29. The smallest absolute Gasteiger partial charge is 0.262 e. The van der Waals surface area contributed by atoms with Crippen LogP contribution in [0.4, 0.5) is 0 Å². The van der Waals surface area contributed by atoms with Crippen molar-refractivity contribution in [2.75, 3.05) is 7.05 Å². The van der Waals surface area contributed by atoms with Crippen LogP contribution in [0.15, 0.2) is 29.2 Å². The van der Waals surface area contributed by atoms with Gasteiger partial charge in [0.25, 0.3) is 9.05 Å². The Morgan fingerprint density at radius 2 is 1.76 bits per heavy atom. The minimum absolute atomic E-state index is 0.123. The molecule has 0 heterocycles. The van der Waals surface area contributed by atoms with Gasteiger partial charge in [-0.3, -0.25) is 14.9 Å². The lowest BCUT2D eigenvalue weighted by Crippen LogP contribution is -2.01. The van der Waals surface area contributed by atoms with Gasteiger partial charge in [-0.15, -0.1) is 0 Å².